The Hall–Kier alpha value is -2.22. The molecule has 28 heavy (non-hydrogen) atoms. The molecule has 1 aromatic heterocycles. The fourth-order valence-corrected chi connectivity index (χ4v) is 3.27. The molecule has 3 aromatic rings. The smallest absolute Gasteiger partial charge is 0.277 e. The zero-order valence-electron chi connectivity index (χ0n) is 15.1. The molecule has 0 aliphatic carbocycles. The maximum atomic E-state index is 12.2. The van der Waals surface area contributed by atoms with E-state index in [-0.39, 0.29) is 17.7 Å². The van der Waals surface area contributed by atoms with Crippen molar-refractivity contribution in [2.24, 2.45) is 0 Å². The molecular formula is C19H17Cl2N3O3S. The number of thioether (sulfide) groups is 1. The van der Waals surface area contributed by atoms with Gasteiger partial charge in [-0.2, -0.15) is 0 Å². The van der Waals surface area contributed by atoms with Gasteiger partial charge in [-0.25, -0.2) is 0 Å². The van der Waals surface area contributed by atoms with Crippen molar-refractivity contribution in [3.63, 3.8) is 0 Å². The van der Waals surface area contributed by atoms with Gasteiger partial charge in [-0.1, -0.05) is 41.0 Å². The molecule has 1 amide bonds. The Morgan fingerprint density at radius 2 is 1.93 bits per heavy atom. The molecule has 0 aliphatic heterocycles. The Kier molecular flexibility index (Phi) is 6.83. The lowest BCUT2D eigenvalue weighted by molar-refractivity contribution is -0.119. The second-order valence-corrected chi connectivity index (χ2v) is 7.59. The quantitative estimate of drug-likeness (QED) is 0.522. The van der Waals surface area contributed by atoms with Gasteiger partial charge in [-0.15, -0.1) is 10.2 Å². The predicted molar refractivity (Wildman–Crippen MR) is 110 cm³/mol. The van der Waals surface area contributed by atoms with Gasteiger partial charge in [0.2, 0.25) is 11.8 Å². The number of carbonyl (C=O) groups is 1. The van der Waals surface area contributed by atoms with Gasteiger partial charge in [0.25, 0.3) is 5.22 Å². The SMILES string of the molecule is COc1ccc(-c2nnc(SCC(=O)NC(C)c3ccc(Cl)c(Cl)c3)o2)cc1. The van der Waals surface area contributed by atoms with E-state index < -0.39 is 0 Å². The number of halogens is 2. The number of hydrogen-bond donors (Lipinski definition) is 1. The second kappa shape index (κ2) is 9.32. The number of carbonyl (C=O) groups excluding carboxylic acids is 1. The zero-order chi connectivity index (χ0) is 20.1. The molecule has 0 saturated heterocycles. The van der Waals surface area contributed by atoms with Gasteiger partial charge in [0, 0.05) is 5.56 Å². The number of benzene rings is 2. The molecule has 0 fully saturated rings. The number of hydrogen-bond acceptors (Lipinski definition) is 6. The van der Waals surface area contributed by atoms with Crippen LogP contribution in [0.5, 0.6) is 5.75 Å². The highest BCUT2D eigenvalue weighted by Gasteiger charge is 2.14. The van der Waals surface area contributed by atoms with E-state index in [0.717, 1.165) is 16.9 Å². The Balaban J connectivity index is 1.54. The van der Waals surface area contributed by atoms with Crippen molar-refractivity contribution in [1.29, 1.82) is 0 Å². The molecule has 0 radical (unpaired) electrons. The minimum atomic E-state index is -0.208. The number of nitrogens with one attached hydrogen (secondary N) is 1. The molecule has 1 N–H and O–H groups in total. The number of nitrogens with zero attached hydrogens (tertiary/aromatic N) is 2. The summed E-state index contributed by atoms with van der Waals surface area (Å²) in [5, 5.41) is 12.1. The van der Waals surface area contributed by atoms with Gasteiger partial charge in [0.05, 0.1) is 28.9 Å². The lowest BCUT2D eigenvalue weighted by atomic mass is 10.1. The summed E-state index contributed by atoms with van der Waals surface area (Å²) in [7, 11) is 1.60. The summed E-state index contributed by atoms with van der Waals surface area (Å²) in [6, 6.07) is 12.3. The number of methoxy groups -OCH3 is 1. The van der Waals surface area contributed by atoms with Crippen molar-refractivity contribution in [2.75, 3.05) is 12.9 Å². The van der Waals surface area contributed by atoms with E-state index in [0.29, 0.717) is 21.2 Å². The van der Waals surface area contributed by atoms with E-state index in [9.17, 15) is 4.79 Å². The highest BCUT2D eigenvalue weighted by molar-refractivity contribution is 7.99. The second-order valence-electron chi connectivity index (χ2n) is 5.85. The molecule has 146 valence electrons. The molecule has 1 heterocycles. The van der Waals surface area contributed by atoms with Crippen molar-refractivity contribution >= 4 is 40.9 Å². The number of rotatable bonds is 7. The molecule has 0 aliphatic rings. The first-order chi connectivity index (χ1) is 13.5. The van der Waals surface area contributed by atoms with Gasteiger partial charge >= 0.3 is 0 Å². The molecule has 0 saturated carbocycles. The Morgan fingerprint density at radius 1 is 1.18 bits per heavy atom. The first kappa shape index (κ1) is 20.5. The topological polar surface area (TPSA) is 77.2 Å². The predicted octanol–water partition coefficient (Wildman–Crippen LogP) is 5.02. The third kappa shape index (κ3) is 5.19. The molecule has 0 spiro atoms. The minimum absolute atomic E-state index is 0.149. The van der Waals surface area contributed by atoms with E-state index >= 15 is 0 Å². The first-order valence-electron chi connectivity index (χ1n) is 8.31. The third-order valence-electron chi connectivity index (χ3n) is 3.89. The summed E-state index contributed by atoms with van der Waals surface area (Å²) in [6.45, 7) is 1.87. The molecule has 0 bridgehead atoms. The molecule has 1 unspecified atom stereocenters. The van der Waals surface area contributed by atoms with Crippen LogP contribution in [0, 0.1) is 0 Å². The van der Waals surface area contributed by atoms with Crippen molar-refractivity contribution in [1.82, 2.24) is 15.5 Å². The average Bonchev–Trinajstić information content (AvgIpc) is 3.17. The van der Waals surface area contributed by atoms with Gasteiger partial charge in [0.1, 0.15) is 5.75 Å². The van der Waals surface area contributed by atoms with E-state index in [1.165, 1.54) is 11.8 Å². The van der Waals surface area contributed by atoms with E-state index in [2.05, 4.69) is 15.5 Å². The van der Waals surface area contributed by atoms with Gasteiger partial charge in [-0.05, 0) is 48.9 Å². The Labute approximate surface area is 176 Å². The zero-order valence-corrected chi connectivity index (χ0v) is 17.4. The van der Waals surface area contributed by atoms with Crippen molar-refractivity contribution in [3.05, 3.63) is 58.1 Å². The molecule has 6 nitrogen and oxygen atoms in total. The molecule has 9 heteroatoms. The standard InChI is InChI=1S/C19H17Cl2N3O3S/c1-11(13-5-8-15(20)16(21)9-13)22-17(25)10-28-19-24-23-18(27-19)12-3-6-14(26-2)7-4-12/h3-9,11H,10H2,1-2H3,(H,22,25). The fraction of sp³-hybridized carbons (Fsp3) is 0.211. The maximum Gasteiger partial charge on any atom is 0.277 e. The fourth-order valence-electron chi connectivity index (χ4n) is 2.39. The van der Waals surface area contributed by atoms with Crippen LogP contribution in [-0.4, -0.2) is 29.0 Å². The molecule has 2 aromatic carbocycles. The number of ether oxygens (including phenoxy) is 1. The normalized spacial score (nSPS) is 11.9. The highest BCUT2D eigenvalue weighted by atomic mass is 35.5. The summed E-state index contributed by atoms with van der Waals surface area (Å²) in [6.07, 6.45) is 0. The van der Waals surface area contributed by atoms with E-state index in [1.54, 1.807) is 19.2 Å². The van der Waals surface area contributed by atoms with Gasteiger partial charge in [-0.3, -0.25) is 4.79 Å². The van der Waals surface area contributed by atoms with Gasteiger partial charge in [0.15, 0.2) is 0 Å². The summed E-state index contributed by atoms with van der Waals surface area (Å²) < 4.78 is 10.7. The van der Waals surface area contributed by atoms with Crippen LogP contribution in [0.4, 0.5) is 0 Å². The lowest BCUT2D eigenvalue weighted by Gasteiger charge is -2.14. The maximum absolute atomic E-state index is 12.2. The van der Waals surface area contributed by atoms with Crippen molar-refractivity contribution in [2.45, 2.75) is 18.2 Å². The largest absolute Gasteiger partial charge is 0.497 e. The number of amides is 1. The van der Waals surface area contributed by atoms with Crippen LogP contribution in [0.2, 0.25) is 10.0 Å². The van der Waals surface area contributed by atoms with Crippen LogP contribution in [0.25, 0.3) is 11.5 Å². The lowest BCUT2D eigenvalue weighted by Crippen LogP contribution is -2.28. The Morgan fingerprint density at radius 3 is 2.61 bits per heavy atom. The van der Waals surface area contributed by atoms with Crippen LogP contribution in [-0.2, 0) is 4.79 Å². The monoisotopic (exact) mass is 437 g/mol. The molecule has 1 atom stereocenters. The van der Waals surface area contributed by atoms with E-state index in [1.807, 2.05) is 37.3 Å². The molecular weight excluding hydrogens is 421 g/mol. The van der Waals surface area contributed by atoms with Crippen LogP contribution in [0.3, 0.4) is 0 Å². The summed E-state index contributed by atoms with van der Waals surface area (Å²) >= 11 is 13.1. The van der Waals surface area contributed by atoms with Gasteiger partial charge < -0.3 is 14.5 Å². The Bertz CT molecular complexity index is 963. The van der Waals surface area contributed by atoms with Crippen LogP contribution >= 0.6 is 35.0 Å². The minimum Gasteiger partial charge on any atom is -0.497 e. The number of aromatic nitrogens is 2. The van der Waals surface area contributed by atoms with Crippen LogP contribution < -0.4 is 10.1 Å². The first-order valence-corrected chi connectivity index (χ1v) is 10.1. The summed E-state index contributed by atoms with van der Waals surface area (Å²) in [5.41, 5.74) is 1.64. The third-order valence-corrected chi connectivity index (χ3v) is 5.45. The van der Waals surface area contributed by atoms with Crippen molar-refractivity contribution < 1.29 is 13.9 Å². The summed E-state index contributed by atoms with van der Waals surface area (Å²) in [5.74, 6) is 1.11. The highest BCUT2D eigenvalue weighted by Crippen LogP contribution is 2.27. The van der Waals surface area contributed by atoms with Crippen LogP contribution in [0.15, 0.2) is 52.1 Å². The molecule has 3 rings (SSSR count). The van der Waals surface area contributed by atoms with Crippen molar-refractivity contribution in [3.8, 4) is 17.2 Å². The average molecular weight is 438 g/mol. The van der Waals surface area contributed by atoms with E-state index in [4.69, 9.17) is 32.4 Å². The van der Waals surface area contributed by atoms with Crippen LogP contribution in [0.1, 0.15) is 18.5 Å². The summed E-state index contributed by atoms with van der Waals surface area (Å²) in [4.78, 5) is 12.2.